The fourth-order valence-corrected chi connectivity index (χ4v) is 2.79. The van der Waals surface area contributed by atoms with Gasteiger partial charge in [-0.05, 0) is 30.0 Å². The van der Waals surface area contributed by atoms with Crippen LogP contribution in [-0.2, 0) is 7.05 Å². The molecule has 25 heavy (non-hydrogen) atoms. The molecule has 0 aliphatic carbocycles. The largest absolute Gasteiger partial charge is 0.320 e. The molecule has 0 aromatic carbocycles. The van der Waals surface area contributed by atoms with Crippen LogP contribution in [0.25, 0.3) is 22.2 Å². The number of hydrogen-bond acceptors (Lipinski definition) is 6. The lowest BCUT2D eigenvalue weighted by atomic mass is 10.1. The second-order valence-corrected chi connectivity index (χ2v) is 6.99. The number of thioether (sulfide) groups is 1. The van der Waals surface area contributed by atoms with E-state index in [0.717, 1.165) is 33.9 Å². The predicted octanol–water partition coefficient (Wildman–Crippen LogP) is 3.74. The number of pyridine rings is 2. The van der Waals surface area contributed by atoms with Crippen LogP contribution in [0.2, 0.25) is 0 Å². The van der Waals surface area contributed by atoms with Crippen molar-refractivity contribution in [3.8, 4) is 11.1 Å². The van der Waals surface area contributed by atoms with E-state index in [0.29, 0.717) is 10.9 Å². The molecule has 0 aliphatic heterocycles. The summed E-state index contributed by atoms with van der Waals surface area (Å²) in [5.41, 5.74) is 3.44. The van der Waals surface area contributed by atoms with Crippen LogP contribution in [0.5, 0.6) is 0 Å². The Morgan fingerprint density at radius 1 is 1.16 bits per heavy atom. The summed E-state index contributed by atoms with van der Waals surface area (Å²) in [6, 6.07) is 5.61. The van der Waals surface area contributed by atoms with Gasteiger partial charge >= 0.3 is 0 Å². The lowest BCUT2D eigenvalue weighted by Gasteiger charge is -2.10. The molecular weight excluding hydrogens is 334 g/mol. The second-order valence-electron chi connectivity index (χ2n) is 5.94. The molecule has 3 heterocycles. The third kappa shape index (κ3) is 4.03. The minimum absolute atomic E-state index is 0.1000. The first-order valence-corrected chi connectivity index (χ1v) is 8.61. The van der Waals surface area contributed by atoms with Crippen LogP contribution < -0.4 is 5.32 Å². The van der Waals surface area contributed by atoms with Crippen molar-refractivity contribution >= 4 is 38.8 Å². The van der Waals surface area contributed by atoms with Crippen molar-refractivity contribution < 1.29 is 0 Å². The summed E-state index contributed by atoms with van der Waals surface area (Å²) in [6.45, 7) is 3.87. The SMILES string of the molecule is CC(C)C(=N)SC(=N)Nc1ccc2ncc(-c3cnn(C)c3)cc2n1. The molecule has 3 rings (SSSR count). The average Bonchev–Trinajstić information content (AvgIpc) is 3.00. The zero-order chi connectivity index (χ0) is 18.0. The second kappa shape index (κ2) is 7.02. The molecule has 7 nitrogen and oxygen atoms in total. The maximum atomic E-state index is 7.98. The van der Waals surface area contributed by atoms with Gasteiger partial charge in [0.15, 0.2) is 5.17 Å². The Labute approximate surface area is 149 Å². The lowest BCUT2D eigenvalue weighted by molar-refractivity contribution is 0.768. The van der Waals surface area contributed by atoms with Gasteiger partial charge in [-0.3, -0.25) is 20.5 Å². The zero-order valence-electron chi connectivity index (χ0n) is 14.2. The summed E-state index contributed by atoms with van der Waals surface area (Å²) >= 11 is 1.10. The Hall–Kier alpha value is -2.74. The van der Waals surface area contributed by atoms with Crippen LogP contribution in [0.4, 0.5) is 5.82 Å². The first-order chi connectivity index (χ1) is 11.9. The molecular formula is C17H19N7S. The van der Waals surface area contributed by atoms with E-state index in [2.05, 4.69) is 20.4 Å². The molecule has 0 saturated heterocycles. The molecule has 128 valence electrons. The minimum Gasteiger partial charge on any atom is -0.320 e. The van der Waals surface area contributed by atoms with Crippen molar-refractivity contribution in [1.82, 2.24) is 19.7 Å². The fraction of sp³-hybridized carbons (Fsp3) is 0.235. The standard InChI is InChI=1S/C17H19N7S/c1-10(2)16(18)25-17(19)23-15-5-4-13-14(22-15)6-11(7-20-13)12-8-21-24(3)9-12/h4-10,18H,1-3H3,(H2,19,22,23). The highest BCUT2D eigenvalue weighted by Gasteiger charge is 2.09. The van der Waals surface area contributed by atoms with Gasteiger partial charge < -0.3 is 5.32 Å². The normalized spacial score (nSPS) is 11.0. The monoisotopic (exact) mass is 353 g/mol. The Kier molecular flexibility index (Phi) is 4.80. The molecule has 0 radical (unpaired) electrons. The Morgan fingerprint density at radius 3 is 2.64 bits per heavy atom. The molecule has 0 unspecified atom stereocenters. The van der Waals surface area contributed by atoms with Crippen LogP contribution in [0, 0.1) is 16.7 Å². The first-order valence-electron chi connectivity index (χ1n) is 7.80. The molecule has 3 aromatic heterocycles. The van der Waals surface area contributed by atoms with Gasteiger partial charge in [-0.2, -0.15) is 5.10 Å². The maximum absolute atomic E-state index is 7.98. The van der Waals surface area contributed by atoms with Crippen molar-refractivity contribution in [3.05, 3.63) is 36.8 Å². The van der Waals surface area contributed by atoms with Crippen LogP contribution in [0.3, 0.4) is 0 Å². The topological polar surface area (TPSA) is 103 Å². The van der Waals surface area contributed by atoms with Gasteiger partial charge in [0.1, 0.15) is 5.82 Å². The lowest BCUT2D eigenvalue weighted by Crippen LogP contribution is -2.12. The van der Waals surface area contributed by atoms with Crippen LogP contribution >= 0.6 is 11.8 Å². The van der Waals surface area contributed by atoms with Crippen LogP contribution in [-0.4, -0.2) is 30.0 Å². The van der Waals surface area contributed by atoms with Crippen molar-refractivity contribution in [3.63, 3.8) is 0 Å². The quantitative estimate of drug-likeness (QED) is 0.491. The number of nitrogens with zero attached hydrogens (tertiary/aromatic N) is 4. The van der Waals surface area contributed by atoms with E-state index >= 15 is 0 Å². The van der Waals surface area contributed by atoms with Gasteiger partial charge in [-0.25, -0.2) is 4.98 Å². The molecule has 0 atom stereocenters. The number of aromatic nitrogens is 4. The van der Waals surface area contributed by atoms with E-state index in [1.165, 1.54) is 0 Å². The van der Waals surface area contributed by atoms with Crippen LogP contribution in [0.1, 0.15) is 13.8 Å². The van der Waals surface area contributed by atoms with Gasteiger partial charge in [-0.1, -0.05) is 13.8 Å². The molecule has 3 aromatic rings. The Balaban J connectivity index is 1.83. The number of nitrogens with one attached hydrogen (secondary N) is 3. The maximum Gasteiger partial charge on any atom is 0.165 e. The van der Waals surface area contributed by atoms with E-state index in [1.807, 2.05) is 39.2 Å². The van der Waals surface area contributed by atoms with E-state index in [4.69, 9.17) is 10.8 Å². The van der Waals surface area contributed by atoms with Gasteiger partial charge in [0.25, 0.3) is 0 Å². The number of aryl methyl sites for hydroxylation is 1. The summed E-state index contributed by atoms with van der Waals surface area (Å²) in [5.74, 6) is 0.662. The Morgan fingerprint density at radius 2 is 1.96 bits per heavy atom. The highest BCUT2D eigenvalue weighted by atomic mass is 32.2. The number of hydrogen-bond donors (Lipinski definition) is 3. The van der Waals surface area contributed by atoms with E-state index in [-0.39, 0.29) is 11.1 Å². The number of anilines is 1. The third-order valence-electron chi connectivity index (χ3n) is 3.55. The highest BCUT2D eigenvalue weighted by molar-refractivity contribution is 8.26. The van der Waals surface area contributed by atoms with Crippen molar-refractivity contribution in [2.75, 3.05) is 5.32 Å². The highest BCUT2D eigenvalue weighted by Crippen LogP contribution is 2.22. The van der Waals surface area contributed by atoms with Crippen molar-refractivity contribution in [2.45, 2.75) is 13.8 Å². The summed E-state index contributed by atoms with van der Waals surface area (Å²) in [6.07, 6.45) is 5.51. The van der Waals surface area contributed by atoms with E-state index < -0.39 is 0 Å². The summed E-state index contributed by atoms with van der Waals surface area (Å²) in [4.78, 5) is 8.97. The number of fused-ring (bicyclic) bond motifs is 1. The summed E-state index contributed by atoms with van der Waals surface area (Å²) < 4.78 is 1.74. The van der Waals surface area contributed by atoms with Gasteiger partial charge in [0, 0.05) is 36.5 Å². The average molecular weight is 353 g/mol. The predicted molar refractivity (Wildman–Crippen MR) is 103 cm³/mol. The van der Waals surface area contributed by atoms with Gasteiger partial charge in [0.2, 0.25) is 0 Å². The molecule has 0 amide bonds. The molecule has 0 aliphatic rings. The van der Waals surface area contributed by atoms with Gasteiger partial charge in [0.05, 0.1) is 22.3 Å². The number of amidine groups is 1. The molecule has 0 spiro atoms. The molecule has 8 heteroatoms. The molecule has 3 N–H and O–H groups in total. The van der Waals surface area contributed by atoms with Crippen molar-refractivity contribution in [1.29, 1.82) is 10.8 Å². The molecule has 0 saturated carbocycles. The van der Waals surface area contributed by atoms with E-state index in [1.54, 1.807) is 23.1 Å². The Bertz CT molecular complexity index is 945. The summed E-state index contributed by atoms with van der Waals surface area (Å²) in [5, 5.41) is 23.6. The minimum atomic E-state index is 0.1000. The first kappa shape index (κ1) is 17.1. The van der Waals surface area contributed by atoms with E-state index in [9.17, 15) is 0 Å². The molecule has 0 fully saturated rings. The number of rotatable bonds is 3. The smallest absolute Gasteiger partial charge is 0.165 e. The fourth-order valence-electron chi connectivity index (χ4n) is 2.17. The molecule has 0 bridgehead atoms. The van der Waals surface area contributed by atoms with Gasteiger partial charge in [-0.15, -0.1) is 0 Å². The van der Waals surface area contributed by atoms with Crippen molar-refractivity contribution in [2.24, 2.45) is 13.0 Å². The third-order valence-corrected chi connectivity index (χ3v) is 4.55. The zero-order valence-corrected chi connectivity index (χ0v) is 15.1. The van der Waals surface area contributed by atoms with Crippen LogP contribution in [0.15, 0.2) is 36.8 Å². The summed E-state index contributed by atoms with van der Waals surface area (Å²) in [7, 11) is 1.87.